The molecule has 1 aromatic heterocycles. The van der Waals surface area contributed by atoms with Crippen LogP contribution in [0.15, 0.2) is 24.3 Å². The maximum Gasteiger partial charge on any atom is 0.389 e. The number of alkyl halides is 3. The topological polar surface area (TPSA) is 39.1 Å². The highest BCUT2D eigenvalue weighted by Gasteiger charge is 2.26. The maximum atomic E-state index is 13.6. The molecule has 2 aromatic rings. The van der Waals surface area contributed by atoms with E-state index in [2.05, 4.69) is 10.4 Å². The first-order valence-electron chi connectivity index (χ1n) is 7.63. The standard InChI is InChI=1S/C16H18F5N3O.ClH/c1-22-9-13-8-15(24(23-13)6-2-5-16(19,20)21)25-10-11-7-12(17)3-4-14(11)18;/h3-4,7-8,22H,2,5-6,9-10H2,1H3;1H. The van der Waals surface area contributed by atoms with Crippen LogP contribution >= 0.6 is 12.4 Å². The van der Waals surface area contributed by atoms with Crippen LogP contribution in [0.25, 0.3) is 0 Å². The molecule has 0 radical (unpaired) electrons. The van der Waals surface area contributed by atoms with Crippen molar-refractivity contribution in [3.05, 3.63) is 47.2 Å². The van der Waals surface area contributed by atoms with Gasteiger partial charge in [-0.2, -0.15) is 18.3 Å². The zero-order chi connectivity index (χ0) is 18.4. The van der Waals surface area contributed by atoms with Gasteiger partial charge in [-0.3, -0.25) is 0 Å². The van der Waals surface area contributed by atoms with E-state index in [0.29, 0.717) is 12.2 Å². The van der Waals surface area contributed by atoms with Gasteiger partial charge in [0.25, 0.3) is 0 Å². The summed E-state index contributed by atoms with van der Waals surface area (Å²) in [4.78, 5) is 0. The van der Waals surface area contributed by atoms with Crippen molar-refractivity contribution < 1.29 is 26.7 Å². The van der Waals surface area contributed by atoms with E-state index in [1.165, 1.54) is 4.68 Å². The summed E-state index contributed by atoms with van der Waals surface area (Å²) in [5.74, 6) is -1.02. The van der Waals surface area contributed by atoms with Crippen molar-refractivity contribution in [3.63, 3.8) is 0 Å². The first-order valence-corrected chi connectivity index (χ1v) is 7.63. The van der Waals surface area contributed by atoms with E-state index in [1.807, 2.05) is 0 Å². The Labute approximate surface area is 153 Å². The Morgan fingerprint density at radius 1 is 1.19 bits per heavy atom. The molecule has 0 amide bonds. The van der Waals surface area contributed by atoms with E-state index in [1.54, 1.807) is 13.1 Å². The molecule has 2 rings (SSSR count). The number of rotatable bonds is 8. The zero-order valence-electron chi connectivity index (χ0n) is 13.9. The van der Waals surface area contributed by atoms with Gasteiger partial charge in [0.1, 0.15) is 18.2 Å². The van der Waals surface area contributed by atoms with Crippen molar-refractivity contribution in [2.45, 2.75) is 38.7 Å². The van der Waals surface area contributed by atoms with Gasteiger partial charge in [0.15, 0.2) is 0 Å². The average molecular weight is 400 g/mol. The zero-order valence-corrected chi connectivity index (χ0v) is 14.8. The second-order valence-electron chi connectivity index (χ2n) is 5.47. The summed E-state index contributed by atoms with van der Waals surface area (Å²) in [7, 11) is 1.70. The molecule has 0 aliphatic carbocycles. The molecule has 0 unspecified atom stereocenters. The minimum atomic E-state index is -4.24. The molecule has 0 atom stereocenters. The first kappa shape index (κ1) is 22.2. The molecular formula is C16H19ClF5N3O. The Morgan fingerprint density at radius 2 is 1.92 bits per heavy atom. The van der Waals surface area contributed by atoms with Crippen LogP contribution in [0, 0.1) is 11.6 Å². The van der Waals surface area contributed by atoms with E-state index < -0.39 is 24.2 Å². The van der Waals surface area contributed by atoms with Crippen LogP contribution in [0.2, 0.25) is 0 Å². The van der Waals surface area contributed by atoms with Crippen LogP contribution in [-0.4, -0.2) is 23.0 Å². The summed E-state index contributed by atoms with van der Waals surface area (Å²) in [6, 6.07) is 4.54. The Morgan fingerprint density at radius 3 is 2.58 bits per heavy atom. The molecule has 0 aliphatic rings. The summed E-state index contributed by atoms with van der Waals surface area (Å²) in [6.45, 7) is 0.148. The van der Waals surface area contributed by atoms with Gasteiger partial charge < -0.3 is 10.1 Å². The summed E-state index contributed by atoms with van der Waals surface area (Å²) in [5.41, 5.74) is 0.586. The van der Waals surface area contributed by atoms with Gasteiger partial charge in [0, 0.05) is 31.1 Å². The molecule has 1 N–H and O–H groups in total. The highest BCUT2D eigenvalue weighted by atomic mass is 35.5. The number of nitrogens with zero attached hydrogens (tertiary/aromatic N) is 2. The quantitative estimate of drug-likeness (QED) is 0.675. The van der Waals surface area contributed by atoms with Crippen molar-refractivity contribution in [1.29, 1.82) is 0 Å². The Bertz CT molecular complexity index is 706. The smallest absolute Gasteiger partial charge is 0.389 e. The fourth-order valence-electron chi connectivity index (χ4n) is 2.23. The predicted molar refractivity (Wildman–Crippen MR) is 88.2 cm³/mol. The van der Waals surface area contributed by atoms with Crippen LogP contribution in [0.3, 0.4) is 0 Å². The molecule has 0 saturated carbocycles. The number of benzene rings is 1. The second-order valence-corrected chi connectivity index (χ2v) is 5.47. The van der Waals surface area contributed by atoms with Crippen LogP contribution < -0.4 is 10.1 Å². The highest BCUT2D eigenvalue weighted by Crippen LogP contribution is 2.23. The van der Waals surface area contributed by atoms with Crippen LogP contribution in [-0.2, 0) is 19.7 Å². The molecule has 146 valence electrons. The van der Waals surface area contributed by atoms with Crippen molar-refractivity contribution in [2.75, 3.05) is 7.05 Å². The van der Waals surface area contributed by atoms with Crippen LogP contribution in [0.4, 0.5) is 22.0 Å². The summed E-state index contributed by atoms with van der Waals surface area (Å²) >= 11 is 0. The number of hydrogen-bond donors (Lipinski definition) is 1. The SMILES string of the molecule is CNCc1cc(OCc2cc(F)ccc2F)n(CCCC(F)(F)F)n1.Cl. The molecule has 1 aromatic carbocycles. The third-order valence-corrected chi connectivity index (χ3v) is 3.37. The number of hydrogen-bond acceptors (Lipinski definition) is 3. The molecule has 0 fully saturated rings. The molecule has 0 aliphatic heterocycles. The minimum absolute atomic E-state index is 0. The van der Waals surface area contributed by atoms with Gasteiger partial charge in [-0.25, -0.2) is 13.5 Å². The lowest BCUT2D eigenvalue weighted by atomic mass is 10.2. The van der Waals surface area contributed by atoms with E-state index in [4.69, 9.17) is 4.74 Å². The lowest BCUT2D eigenvalue weighted by Gasteiger charge is -2.11. The molecule has 0 bridgehead atoms. The lowest BCUT2D eigenvalue weighted by Crippen LogP contribution is -2.12. The van der Waals surface area contributed by atoms with Gasteiger partial charge in [0.05, 0.1) is 5.69 Å². The van der Waals surface area contributed by atoms with E-state index in [9.17, 15) is 22.0 Å². The fraction of sp³-hybridized carbons (Fsp3) is 0.438. The number of halogens is 6. The normalized spacial score (nSPS) is 11.3. The lowest BCUT2D eigenvalue weighted by molar-refractivity contribution is -0.136. The molecule has 26 heavy (non-hydrogen) atoms. The van der Waals surface area contributed by atoms with Gasteiger partial charge in [-0.05, 0) is 31.7 Å². The number of nitrogens with one attached hydrogen (secondary N) is 1. The highest BCUT2D eigenvalue weighted by molar-refractivity contribution is 5.85. The molecule has 10 heteroatoms. The largest absolute Gasteiger partial charge is 0.473 e. The van der Waals surface area contributed by atoms with E-state index in [0.717, 1.165) is 18.2 Å². The number of ether oxygens (including phenoxy) is 1. The van der Waals surface area contributed by atoms with Gasteiger partial charge >= 0.3 is 6.18 Å². The predicted octanol–water partition coefficient (Wildman–Crippen LogP) is 4.22. The molecule has 0 spiro atoms. The summed E-state index contributed by atoms with van der Waals surface area (Å²) < 4.78 is 70.4. The Kier molecular flexibility index (Phi) is 8.29. The monoisotopic (exact) mass is 399 g/mol. The van der Waals surface area contributed by atoms with Gasteiger partial charge in [0.2, 0.25) is 5.88 Å². The minimum Gasteiger partial charge on any atom is -0.473 e. The third-order valence-electron chi connectivity index (χ3n) is 3.37. The number of aryl methyl sites for hydroxylation is 1. The molecule has 1 heterocycles. The Balaban J connectivity index is 0.00000338. The third kappa shape index (κ3) is 6.80. The van der Waals surface area contributed by atoms with Crippen LogP contribution in [0.5, 0.6) is 5.88 Å². The van der Waals surface area contributed by atoms with E-state index in [-0.39, 0.29) is 43.4 Å². The summed E-state index contributed by atoms with van der Waals surface area (Å²) in [6.07, 6.45) is -5.34. The second kappa shape index (κ2) is 9.72. The van der Waals surface area contributed by atoms with Crippen molar-refractivity contribution in [3.8, 4) is 5.88 Å². The van der Waals surface area contributed by atoms with Gasteiger partial charge in [-0.15, -0.1) is 12.4 Å². The van der Waals surface area contributed by atoms with Crippen molar-refractivity contribution in [1.82, 2.24) is 15.1 Å². The number of aromatic nitrogens is 2. The Hall–Kier alpha value is -1.87. The molecule has 0 saturated heterocycles. The average Bonchev–Trinajstić information content (AvgIpc) is 2.89. The molecule has 4 nitrogen and oxygen atoms in total. The first-order chi connectivity index (χ1) is 11.8. The fourth-order valence-corrected chi connectivity index (χ4v) is 2.23. The summed E-state index contributed by atoms with van der Waals surface area (Å²) in [5, 5.41) is 7.04. The maximum absolute atomic E-state index is 13.6. The van der Waals surface area contributed by atoms with Crippen LogP contribution in [0.1, 0.15) is 24.1 Å². The van der Waals surface area contributed by atoms with Crippen molar-refractivity contribution in [2.24, 2.45) is 0 Å². The van der Waals surface area contributed by atoms with E-state index >= 15 is 0 Å². The van der Waals surface area contributed by atoms with Gasteiger partial charge in [-0.1, -0.05) is 0 Å². The van der Waals surface area contributed by atoms with Crippen molar-refractivity contribution >= 4 is 12.4 Å². The molecular weight excluding hydrogens is 381 g/mol.